The predicted octanol–water partition coefficient (Wildman–Crippen LogP) is 1.35. The molecule has 0 aliphatic carbocycles. The SMILES string of the molecule is CC1=NOC(C(C)C)O1. The molecule has 0 spiro atoms. The van der Waals surface area contributed by atoms with E-state index in [4.69, 9.17) is 9.57 Å². The lowest BCUT2D eigenvalue weighted by Crippen LogP contribution is -2.17. The highest BCUT2D eigenvalue weighted by Gasteiger charge is 2.21. The molecule has 1 aliphatic heterocycles. The molecule has 1 unspecified atom stereocenters. The molecule has 3 nitrogen and oxygen atoms in total. The molecule has 9 heavy (non-hydrogen) atoms. The minimum atomic E-state index is -0.162. The summed E-state index contributed by atoms with van der Waals surface area (Å²) in [5, 5.41) is 3.63. The molecule has 1 rings (SSSR count). The second-order valence-corrected chi connectivity index (χ2v) is 2.45. The summed E-state index contributed by atoms with van der Waals surface area (Å²) in [5.41, 5.74) is 0. The molecule has 0 radical (unpaired) electrons. The van der Waals surface area contributed by atoms with Gasteiger partial charge in [0.05, 0.1) is 0 Å². The summed E-state index contributed by atoms with van der Waals surface area (Å²) in [6.45, 7) is 5.83. The van der Waals surface area contributed by atoms with Crippen LogP contribution in [0.2, 0.25) is 0 Å². The summed E-state index contributed by atoms with van der Waals surface area (Å²) < 4.78 is 5.15. The van der Waals surface area contributed by atoms with Gasteiger partial charge in [0.25, 0.3) is 6.29 Å². The molecule has 0 N–H and O–H groups in total. The first-order valence-corrected chi connectivity index (χ1v) is 3.07. The summed E-state index contributed by atoms with van der Waals surface area (Å²) in [4.78, 5) is 4.89. The lowest BCUT2D eigenvalue weighted by atomic mass is 10.2. The maximum absolute atomic E-state index is 5.15. The average molecular weight is 129 g/mol. The fourth-order valence-electron chi connectivity index (χ4n) is 0.595. The second-order valence-electron chi connectivity index (χ2n) is 2.45. The lowest BCUT2D eigenvalue weighted by molar-refractivity contribution is -0.0780. The van der Waals surface area contributed by atoms with Gasteiger partial charge in [-0.25, -0.2) is 0 Å². The number of rotatable bonds is 1. The van der Waals surface area contributed by atoms with E-state index in [1.54, 1.807) is 6.92 Å². The number of oxime groups is 1. The van der Waals surface area contributed by atoms with Crippen LogP contribution >= 0.6 is 0 Å². The Morgan fingerprint density at radius 3 is 2.44 bits per heavy atom. The van der Waals surface area contributed by atoms with Crippen molar-refractivity contribution < 1.29 is 9.57 Å². The number of nitrogens with zero attached hydrogens (tertiary/aromatic N) is 1. The molecular weight excluding hydrogens is 118 g/mol. The van der Waals surface area contributed by atoms with Gasteiger partial charge in [0.2, 0.25) is 5.90 Å². The van der Waals surface area contributed by atoms with E-state index in [1.165, 1.54) is 0 Å². The lowest BCUT2D eigenvalue weighted by Gasteiger charge is -2.10. The summed E-state index contributed by atoms with van der Waals surface area (Å²) >= 11 is 0. The van der Waals surface area contributed by atoms with E-state index in [2.05, 4.69) is 5.16 Å². The maximum Gasteiger partial charge on any atom is 0.269 e. The van der Waals surface area contributed by atoms with Gasteiger partial charge in [-0.05, 0) is 5.16 Å². The Morgan fingerprint density at radius 2 is 2.22 bits per heavy atom. The molecule has 3 heteroatoms. The Balaban J connectivity index is 2.37. The topological polar surface area (TPSA) is 30.8 Å². The van der Waals surface area contributed by atoms with Crippen LogP contribution in [-0.4, -0.2) is 12.2 Å². The molecule has 0 saturated carbocycles. The van der Waals surface area contributed by atoms with E-state index in [-0.39, 0.29) is 6.29 Å². The van der Waals surface area contributed by atoms with Crippen molar-refractivity contribution in [3.63, 3.8) is 0 Å². The van der Waals surface area contributed by atoms with Gasteiger partial charge in [0.1, 0.15) is 0 Å². The quantitative estimate of drug-likeness (QED) is 0.535. The van der Waals surface area contributed by atoms with Crippen LogP contribution in [0.5, 0.6) is 0 Å². The molecule has 0 bridgehead atoms. The fraction of sp³-hybridized carbons (Fsp3) is 0.833. The van der Waals surface area contributed by atoms with Crippen molar-refractivity contribution in [3.05, 3.63) is 0 Å². The number of hydrogen-bond donors (Lipinski definition) is 0. The van der Waals surface area contributed by atoms with Crippen molar-refractivity contribution in [1.82, 2.24) is 0 Å². The normalized spacial score (nSPS) is 25.3. The third-order valence-electron chi connectivity index (χ3n) is 1.12. The van der Waals surface area contributed by atoms with Crippen LogP contribution in [0.1, 0.15) is 20.8 Å². The van der Waals surface area contributed by atoms with Gasteiger partial charge in [-0.1, -0.05) is 13.8 Å². The molecule has 0 fully saturated rings. The first-order valence-electron chi connectivity index (χ1n) is 3.07. The summed E-state index contributed by atoms with van der Waals surface area (Å²) in [7, 11) is 0. The molecule has 1 heterocycles. The van der Waals surface area contributed by atoms with E-state index in [1.807, 2.05) is 13.8 Å². The Kier molecular flexibility index (Phi) is 1.60. The van der Waals surface area contributed by atoms with E-state index in [9.17, 15) is 0 Å². The van der Waals surface area contributed by atoms with E-state index in [0.29, 0.717) is 11.8 Å². The van der Waals surface area contributed by atoms with Crippen LogP contribution in [-0.2, 0) is 9.57 Å². The first kappa shape index (κ1) is 6.39. The van der Waals surface area contributed by atoms with Gasteiger partial charge in [-0.15, -0.1) is 0 Å². The Bertz CT molecular complexity index is 131. The smallest absolute Gasteiger partial charge is 0.269 e. The largest absolute Gasteiger partial charge is 0.436 e. The van der Waals surface area contributed by atoms with Crippen molar-refractivity contribution in [3.8, 4) is 0 Å². The summed E-state index contributed by atoms with van der Waals surface area (Å²) in [6, 6.07) is 0. The minimum Gasteiger partial charge on any atom is -0.436 e. The minimum absolute atomic E-state index is 0.162. The summed E-state index contributed by atoms with van der Waals surface area (Å²) in [6.07, 6.45) is -0.162. The van der Waals surface area contributed by atoms with Crippen LogP contribution in [0.3, 0.4) is 0 Å². The molecular formula is C6H11NO2. The van der Waals surface area contributed by atoms with Gasteiger partial charge in [0, 0.05) is 12.8 Å². The van der Waals surface area contributed by atoms with Crippen molar-refractivity contribution in [2.24, 2.45) is 11.1 Å². The molecule has 52 valence electrons. The van der Waals surface area contributed by atoms with Crippen LogP contribution in [0.25, 0.3) is 0 Å². The Labute approximate surface area is 54.6 Å². The second kappa shape index (κ2) is 2.25. The zero-order valence-electron chi connectivity index (χ0n) is 5.92. The summed E-state index contributed by atoms with van der Waals surface area (Å²) in [5.74, 6) is 0.986. The zero-order valence-corrected chi connectivity index (χ0v) is 5.92. The third kappa shape index (κ3) is 1.34. The van der Waals surface area contributed by atoms with Gasteiger partial charge < -0.3 is 9.57 Å². The van der Waals surface area contributed by atoms with Gasteiger partial charge in [-0.3, -0.25) is 0 Å². The number of ether oxygens (including phenoxy) is 1. The van der Waals surface area contributed by atoms with Crippen molar-refractivity contribution in [2.45, 2.75) is 27.1 Å². The molecule has 0 aromatic rings. The Hall–Kier alpha value is -0.730. The highest BCUT2D eigenvalue weighted by Crippen LogP contribution is 2.14. The first-order chi connectivity index (χ1) is 4.20. The van der Waals surface area contributed by atoms with E-state index >= 15 is 0 Å². The van der Waals surface area contributed by atoms with Crippen molar-refractivity contribution in [1.29, 1.82) is 0 Å². The van der Waals surface area contributed by atoms with Gasteiger partial charge in [0.15, 0.2) is 0 Å². The molecule has 0 saturated heterocycles. The van der Waals surface area contributed by atoms with Gasteiger partial charge >= 0.3 is 0 Å². The predicted molar refractivity (Wildman–Crippen MR) is 33.9 cm³/mol. The maximum atomic E-state index is 5.15. The molecule has 1 atom stereocenters. The zero-order chi connectivity index (χ0) is 6.85. The van der Waals surface area contributed by atoms with Crippen LogP contribution in [0.4, 0.5) is 0 Å². The third-order valence-corrected chi connectivity index (χ3v) is 1.12. The van der Waals surface area contributed by atoms with Gasteiger partial charge in [-0.2, -0.15) is 0 Å². The van der Waals surface area contributed by atoms with E-state index in [0.717, 1.165) is 0 Å². The highest BCUT2D eigenvalue weighted by atomic mass is 16.8. The van der Waals surface area contributed by atoms with Crippen molar-refractivity contribution in [2.75, 3.05) is 0 Å². The monoisotopic (exact) mass is 129 g/mol. The Morgan fingerprint density at radius 1 is 1.56 bits per heavy atom. The average Bonchev–Trinajstić information content (AvgIpc) is 2.14. The molecule has 0 aromatic heterocycles. The number of hydrogen-bond acceptors (Lipinski definition) is 3. The van der Waals surface area contributed by atoms with E-state index < -0.39 is 0 Å². The van der Waals surface area contributed by atoms with Crippen LogP contribution in [0.15, 0.2) is 5.16 Å². The highest BCUT2D eigenvalue weighted by molar-refractivity contribution is 5.73. The molecule has 1 aliphatic rings. The van der Waals surface area contributed by atoms with Crippen molar-refractivity contribution >= 4 is 5.90 Å². The fourth-order valence-corrected chi connectivity index (χ4v) is 0.595. The van der Waals surface area contributed by atoms with Crippen LogP contribution in [0, 0.1) is 5.92 Å². The molecule has 0 aromatic carbocycles. The molecule has 0 amide bonds. The standard InChI is InChI=1S/C6H11NO2/c1-4(2)6-8-5(3)7-9-6/h4,6H,1-3H3. The van der Waals surface area contributed by atoms with Crippen LogP contribution < -0.4 is 0 Å².